The van der Waals surface area contributed by atoms with Crippen LogP contribution in [0.15, 0.2) is 71.1 Å². The van der Waals surface area contributed by atoms with E-state index in [-0.39, 0.29) is 11.9 Å². The van der Waals surface area contributed by atoms with E-state index in [1.807, 2.05) is 66.4 Å². The number of aryl methyl sites for hydroxylation is 1. The van der Waals surface area contributed by atoms with Crippen LogP contribution < -0.4 is 4.74 Å². The Labute approximate surface area is 181 Å². The maximum Gasteiger partial charge on any atom is 0.290 e. The van der Waals surface area contributed by atoms with Gasteiger partial charge in [-0.05, 0) is 67.3 Å². The van der Waals surface area contributed by atoms with E-state index < -0.39 is 0 Å². The van der Waals surface area contributed by atoms with Crippen molar-refractivity contribution in [1.29, 1.82) is 0 Å². The topological polar surface area (TPSA) is 55.6 Å². The van der Waals surface area contributed by atoms with Gasteiger partial charge >= 0.3 is 0 Å². The quantitative estimate of drug-likeness (QED) is 0.426. The fourth-order valence-corrected chi connectivity index (χ4v) is 4.36. The number of methoxy groups -OCH3 is 1. The molecule has 5 nitrogen and oxygen atoms in total. The van der Waals surface area contributed by atoms with Crippen molar-refractivity contribution in [2.24, 2.45) is 0 Å². The monoisotopic (exact) mass is 412 g/mol. The van der Waals surface area contributed by atoms with Gasteiger partial charge in [0, 0.05) is 17.6 Å². The molecule has 0 N–H and O–H groups in total. The highest BCUT2D eigenvalue weighted by atomic mass is 16.5. The summed E-state index contributed by atoms with van der Waals surface area (Å²) in [6.07, 6.45) is 1.84. The molecule has 1 amide bonds. The molecule has 156 valence electrons. The molecule has 0 spiro atoms. The van der Waals surface area contributed by atoms with Gasteiger partial charge in [-0.3, -0.25) is 9.78 Å². The third-order valence-corrected chi connectivity index (χ3v) is 5.89. The van der Waals surface area contributed by atoms with E-state index in [2.05, 4.69) is 12.1 Å². The van der Waals surface area contributed by atoms with Crippen LogP contribution in [0.3, 0.4) is 0 Å². The Kier molecular flexibility index (Phi) is 4.94. The number of carbonyl (C=O) groups is 1. The summed E-state index contributed by atoms with van der Waals surface area (Å²) in [5.74, 6) is 1.14. The first-order chi connectivity index (χ1) is 15.1. The number of hydrogen-bond donors (Lipinski definition) is 0. The van der Waals surface area contributed by atoms with Gasteiger partial charge in [0.15, 0.2) is 5.76 Å². The Morgan fingerprint density at radius 2 is 1.87 bits per heavy atom. The summed E-state index contributed by atoms with van der Waals surface area (Å²) in [7, 11) is 1.66. The minimum atomic E-state index is -0.0759. The van der Waals surface area contributed by atoms with Crippen molar-refractivity contribution in [3.05, 3.63) is 83.9 Å². The second-order valence-electron chi connectivity index (χ2n) is 7.96. The fraction of sp³-hybridized carbons (Fsp3) is 0.231. The summed E-state index contributed by atoms with van der Waals surface area (Å²) >= 11 is 0. The first-order valence-corrected chi connectivity index (χ1v) is 10.5. The number of furan rings is 1. The molecule has 1 fully saturated rings. The summed E-state index contributed by atoms with van der Waals surface area (Å²) in [5.41, 5.74) is 4.78. The fourth-order valence-electron chi connectivity index (χ4n) is 4.36. The molecule has 1 aliphatic rings. The van der Waals surface area contributed by atoms with Crippen molar-refractivity contribution in [3.8, 4) is 16.9 Å². The van der Waals surface area contributed by atoms with E-state index >= 15 is 0 Å². The van der Waals surface area contributed by atoms with Crippen LogP contribution >= 0.6 is 0 Å². The molecule has 2 aromatic carbocycles. The number of para-hydroxylation sites is 1. The van der Waals surface area contributed by atoms with Gasteiger partial charge in [-0.25, -0.2) is 0 Å². The predicted molar refractivity (Wildman–Crippen MR) is 120 cm³/mol. The Bertz CT molecular complexity index is 1210. The maximum atomic E-state index is 13.3. The minimum Gasteiger partial charge on any atom is -0.497 e. The summed E-state index contributed by atoms with van der Waals surface area (Å²) in [6.45, 7) is 2.70. The van der Waals surface area contributed by atoms with Crippen molar-refractivity contribution >= 4 is 16.9 Å². The first-order valence-electron chi connectivity index (χ1n) is 10.5. The van der Waals surface area contributed by atoms with Gasteiger partial charge in [-0.2, -0.15) is 0 Å². The van der Waals surface area contributed by atoms with Gasteiger partial charge in [-0.1, -0.05) is 30.3 Å². The molecule has 5 heteroatoms. The number of ether oxygens (including phenoxy) is 1. The van der Waals surface area contributed by atoms with Crippen molar-refractivity contribution in [2.75, 3.05) is 13.7 Å². The lowest BCUT2D eigenvalue weighted by Crippen LogP contribution is -2.30. The number of pyridine rings is 1. The van der Waals surface area contributed by atoms with Gasteiger partial charge in [-0.15, -0.1) is 0 Å². The zero-order chi connectivity index (χ0) is 21.4. The van der Waals surface area contributed by atoms with E-state index in [1.165, 1.54) is 0 Å². The zero-order valence-electron chi connectivity index (χ0n) is 17.7. The summed E-state index contributed by atoms with van der Waals surface area (Å²) in [5, 5.41) is 0.942. The molecule has 2 aromatic heterocycles. The Morgan fingerprint density at radius 1 is 1.06 bits per heavy atom. The number of aromatic nitrogens is 1. The number of hydrogen-bond acceptors (Lipinski definition) is 4. The molecule has 0 bridgehead atoms. The van der Waals surface area contributed by atoms with Crippen LogP contribution in [-0.2, 0) is 0 Å². The molecule has 0 aliphatic carbocycles. The van der Waals surface area contributed by atoms with Crippen LogP contribution in [0.5, 0.6) is 5.75 Å². The van der Waals surface area contributed by atoms with E-state index in [1.54, 1.807) is 7.11 Å². The first kappa shape index (κ1) is 19.4. The summed E-state index contributed by atoms with van der Waals surface area (Å²) in [6, 6.07) is 21.7. The summed E-state index contributed by atoms with van der Waals surface area (Å²) in [4.78, 5) is 20.0. The molecule has 3 heterocycles. The number of rotatable bonds is 4. The predicted octanol–water partition coefficient (Wildman–Crippen LogP) is 5.79. The van der Waals surface area contributed by atoms with Crippen LogP contribution in [0, 0.1) is 6.92 Å². The number of benzene rings is 2. The molecular weight excluding hydrogens is 388 g/mol. The van der Waals surface area contributed by atoms with Crippen LogP contribution in [0.2, 0.25) is 0 Å². The molecule has 1 atom stereocenters. The van der Waals surface area contributed by atoms with Crippen molar-refractivity contribution in [2.45, 2.75) is 25.8 Å². The van der Waals surface area contributed by atoms with Crippen LogP contribution in [0.25, 0.3) is 22.1 Å². The van der Waals surface area contributed by atoms with Crippen LogP contribution in [0.4, 0.5) is 0 Å². The van der Waals surface area contributed by atoms with E-state index in [9.17, 15) is 4.79 Å². The average molecular weight is 412 g/mol. The van der Waals surface area contributed by atoms with Gasteiger partial charge in [0.2, 0.25) is 0 Å². The smallest absolute Gasteiger partial charge is 0.290 e. The molecule has 4 aromatic rings. The van der Waals surface area contributed by atoms with Gasteiger partial charge in [0.25, 0.3) is 5.91 Å². The Morgan fingerprint density at radius 3 is 2.65 bits per heavy atom. The van der Waals surface area contributed by atoms with Crippen LogP contribution in [0.1, 0.15) is 40.8 Å². The molecule has 1 saturated heterocycles. The third-order valence-electron chi connectivity index (χ3n) is 5.89. The number of nitrogens with zero attached hydrogens (tertiary/aromatic N) is 2. The van der Waals surface area contributed by atoms with Crippen molar-refractivity contribution < 1.29 is 13.9 Å². The normalized spacial score (nSPS) is 16.1. The van der Waals surface area contributed by atoms with Gasteiger partial charge < -0.3 is 14.1 Å². The second-order valence-corrected chi connectivity index (χ2v) is 7.96. The maximum absolute atomic E-state index is 13.3. The number of carbonyl (C=O) groups excluding carboxylic acids is 1. The standard InChI is InChI=1S/C26H24N2O3/c1-17-14-20(18-9-11-21(30-2)12-10-18)15-22(27-17)23-7-5-13-28(23)26(29)25-16-19-6-3-4-8-24(19)31-25/h3-4,6,8-12,14-16,23H,5,7,13H2,1-2H3. The van der Waals surface area contributed by atoms with E-state index in [4.69, 9.17) is 14.1 Å². The molecule has 5 rings (SSSR count). The van der Waals surface area contributed by atoms with Crippen LogP contribution in [-0.4, -0.2) is 29.4 Å². The third kappa shape index (κ3) is 3.67. The average Bonchev–Trinajstić information content (AvgIpc) is 3.45. The van der Waals surface area contributed by atoms with E-state index in [0.29, 0.717) is 12.3 Å². The second kappa shape index (κ2) is 7.91. The number of likely N-dealkylation sites (tertiary alicyclic amines) is 1. The molecule has 1 unspecified atom stereocenters. The number of amides is 1. The van der Waals surface area contributed by atoms with Crippen molar-refractivity contribution in [3.63, 3.8) is 0 Å². The number of fused-ring (bicyclic) bond motifs is 1. The van der Waals surface area contributed by atoms with Gasteiger partial charge in [0.05, 0.1) is 18.8 Å². The highest BCUT2D eigenvalue weighted by molar-refractivity contribution is 5.96. The molecular formula is C26H24N2O3. The molecule has 1 aliphatic heterocycles. The summed E-state index contributed by atoms with van der Waals surface area (Å²) < 4.78 is 11.1. The van der Waals surface area contributed by atoms with Gasteiger partial charge in [0.1, 0.15) is 11.3 Å². The Balaban J connectivity index is 1.47. The molecule has 31 heavy (non-hydrogen) atoms. The lowest BCUT2D eigenvalue weighted by atomic mass is 10.0. The largest absolute Gasteiger partial charge is 0.497 e. The molecule has 0 radical (unpaired) electrons. The highest BCUT2D eigenvalue weighted by Gasteiger charge is 2.33. The SMILES string of the molecule is COc1ccc(-c2cc(C)nc(C3CCCN3C(=O)c3cc4ccccc4o3)c2)cc1. The highest BCUT2D eigenvalue weighted by Crippen LogP contribution is 2.35. The Hall–Kier alpha value is -3.60. The van der Waals surface area contributed by atoms with E-state index in [0.717, 1.165) is 52.1 Å². The lowest BCUT2D eigenvalue weighted by molar-refractivity contribution is 0.0703. The minimum absolute atomic E-state index is 0.0578. The lowest BCUT2D eigenvalue weighted by Gasteiger charge is -2.24. The van der Waals surface area contributed by atoms with Crippen molar-refractivity contribution in [1.82, 2.24) is 9.88 Å². The zero-order valence-corrected chi connectivity index (χ0v) is 17.7. The molecule has 0 saturated carbocycles.